The molecule has 1 fully saturated rings. The van der Waals surface area contributed by atoms with Crippen LogP contribution < -0.4 is 0 Å². The molecule has 2 aliphatic carbocycles. The van der Waals surface area contributed by atoms with Gasteiger partial charge in [-0.2, -0.15) is 0 Å². The molecule has 0 amide bonds. The lowest BCUT2D eigenvalue weighted by molar-refractivity contribution is 0.101. The minimum absolute atomic E-state index is 0.161. The molecule has 1 nitrogen and oxygen atoms in total. The number of rotatable bonds is 3. The van der Waals surface area contributed by atoms with E-state index in [4.69, 9.17) is 0 Å². The number of Topliss-reactive ketones (excluding diaryl/α,β-unsaturated/α-hetero) is 1. The minimum atomic E-state index is 0.161. The summed E-state index contributed by atoms with van der Waals surface area (Å²) in [5.41, 5.74) is 5.01. The Kier molecular flexibility index (Phi) is 3.37. The topological polar surface area (TPSA) is 17.1 Å². The highest BCUT2D eigenvalue weighted by Gasteiger charge is 2.23. The van der Waals surface area contributed by atoms with Crippen LogP contribution in [0.1, 0.15) is 66.4 Å². The summed E-state index contributed by atoms with van der Waals surface area (Å²) >= 11 is 0. The molecule has 0 unspecified atom stereocenters. The SMILES string of the molecule is CC(=O)c1ccc(C2CCC2)c(C2=CCC=CC2)c1. The van der Waals surface area contributed by atoms with Gasteiger partial charge in [-0.3, -0.25) is 4.79 Å². The fraction of sp³-hybridized carbons (Fsp3) is 0.389. The van der Waals surface area contributed by atoms with Gasteiger partial charge in [-0.25, -0.2) is 0 Å². The van der Waals surface area contributed by atoms with Crippen molar-refractivity contribution in [2.75, 3.05) is 0 Å². The average Bonchev–Trinajstić information content (AvgIpc) is 2.38. The van der Waals surface area contributed by atoms with Crippen LogP contribution >= 0.6 is 0 Å². The van der Waals surface area contributed by atoms with Crippen LogP contribution in [0, 0.1) is 0 Å². The standard InChI is InChI=1S/C18H20O/c1-13(19)16-10-11-17(14-8-5-9-14)18(12-16)15-6-3-2-4-7-15/h2-3,7,10-12,14H,4-6,8-9H2,1H3. The van der Waals surface area contributed by atoms with E-state index in [0.29, 0.717) is 5.92 Å². The van der Waals surface area contributed by atoms with Gasteiger partial charge in [0.1, 0.15) is 0 Å². The van der Waals surface area contributed by atoms with Crippen molar-refractivity contribution in [3.05, 3.63) is 53.1 Å². The third-order valence-corrected chi connectivity index (χ3v) is 4.36. The first-order chi connectivity index (χ1) is 9.25. The second-order valence-electron chi connectivity index (χ2n) is 5.63. The maximum absolute atomic E-state index is 11.6. The zero-order valence-corrected chi connectivity index (χ0v) is 11.5. The summed E-state index contributed by atoms with van der Waals surface area (Å²) < 4.78 is 0. The maximum Gasteiger partial charge on any atom is 0.159 e. The van der Waals surface area contributed by atoms with E-state index in [9.17, 15) is 4.79 Å². The number of benzene rings is 1. The van der Waals surface area contributed by atoms with Crippen LogP contribution in [-0.2, 0) is 0 Å². The summed E-state index contributed by atoms with van der Waals surface area (Å²) in [6.45, 7) is 1.65. The van der Waals surface area contributed by atoms with Crippen molar-refractivity contribution in [1.29, 1.82) is 0 Å². The Hall–Kier alpha value is -1.63. The number of carbonyl (C=O) groups is 1. The predicted molar refractivity (Wildman–Crippen MR) is 79.4 cm³/mol. The monoisotopic (exact) mass is 252 g/mol. The van der Waals surface area contributed by atoms with E-state index < -0.39 is 0 Å². The lowest BCUT2D eigenvalue weighted by Crippen LogP contribution is -2.12. The van der Waals surface area contributed by atoms with Gasteiger partial charge in [0.25, 0.3) is 0 Å². The predicted octanol–water partition coefficient (Wildman–Crippen LogP) is 4.89. The second kappa shape index (κ2) is 5.16. The van der Waals surface area contributed by atoms with Gasteiger partial charge in [0.2, 0.25) is 0 Å². The number of carbonyl (C=O) groups excluding carboxylic acids is 1. The summed E-state index contributed by atoms with van der Waals surface area (Å²) in [7, 11) is 0. The fourth-order valence-electron chi connectivity index (χ4n) is 2.95. The van der Waals surface area contributed by atoms with Gasteiger partial charge in [0.15, 0.2) is 5.78 Å². The Balaban J connectivity index is 2.03. The number of hydrogen-bond acceptors (Lipinski definition) is 1. The van der Waals surface area contributed by atoms with E-state index in [1.165, 1.54) is 36.0 Å². The Labute approximate surface area is 115 Å². The van der Waals surface area contributed by atoms with E-state index in [1.54, 1.807) is 6.92 Å². The second-order valence-corrected chi connectivity index (χ2v) is 5.63. The van der Waals surface area contributed by atoms with Crippen LogP contribution in [-0.4, -0.2) is 5.78 Å². The highest BCUT2D eigenvalue weighted by atomic mass is 16.1. The molecule has 98 valence electrons. The number of ketones is 1. The molecule has 0 saturated heterocycles. The van der Waals surface area contributed by atoms with E-state index in [-0.39, 0.29) is 5.78 Å². The molecule has 0 heterocycles. The summed E-state index contributed by atoms with van der Waals surface area (Å²) in [6.07, 6.45) is 12.7. The molecule has 19 heavy (non-hydrogen) atoms. The van der Waals surface area contributed by atoms with E-state index in [1.807, 2.05) is 6.07 Å². The van der Waals surface area contributed by atoms with Gasteiger partial charge >= 0.3 is 0 Å². The van der Waals surface area contributed by atoms with Crippen molar-refractivity contribution >= 4 is 11.4 Å². The lowest BCUT2D eigenvalue weighted by atomic mass is 9.76. The lowest BCUT2D eigenvalue weighted by Gasteiger charge is -2.29. The molecule has 3 rings (SSSR count). The minimum Gasteiger partial charge on any atom is -0.295 e. The van der Waals surface area contributed by atoms with E-state index in [2.05, 4.69) is 30.4 Å². The van der Waals surface area contributed by atoms with Crippen molar-refractivity contribution in [1.82, 2.24) is 0 Å². The number of allylic oxidation sites excluding steroid dienone is 4. The van der Waals surface area contributed by atoms with Gasteiger partial charge < -0.3 is 0 Å². The molecule has 0 aliphatic heterocycles. The van der Waals surface area contributed by atoms with Gasteiger partial charge in [-0.05, 0) is 61.3 Å². The van der Waals surface area contributed by atoms with Crippen molar-refractivity contribution in [3.8, 4) is 0 Å². The van der Waals surface area contributed by atoms with Crippen molar-refractivity contribution < 1.29 is 4.79 Å². The first kappa shape index (κ1) is 12.4. The first-order valence-electron chi connectivity index (χ1n) is 7.25. The van der Waals surface area contributed by atoms with Gasteiger partial charge in [0.05, 0.1) is 0 Å². The molecule has 0 radical (unpaired) electrons. The third kappa shape index (κ3) is 2.42. The van der Waals surface area contributed by atoms with Gasteiger partial charge in [-0.15, -0.1) is 0 Å². The van der Waals surface area contributed by atoms with Crippen LogP contribution in [0.15, 0.2) is 36.4 Å². The van der Waals surface area contributed by atoms with Crippen molar-refractivity contribution in [2.24, 2.45) is 0 Å². The largest absolute Gasteiger partial charge is 0.295 e. The molecule has 1 saturated carbocycles. The zero-order chi connectivity index (χ0) is 13.2. The Bertz CT molecular complexity index is 559. The van der Waals surface area contributed by atoms with Crippen molar-refractivity contribution in [3.63, 3.8) is 0 Å². The highest BCUT2D eigenvalue weighted by Crippen LogP contribution is 2.41. The van der Waals surface area contributed by atoms with Crippen molar-refractivity contribution in [2.45, 2.75) is 44.9 Å². The molecular formula is C18H20O. The average molecular weight is 252 g/mol. The molecule has 0 bridgehead atoms. The molecule has 1 aromatic rings. The molecule has 0 spiro atoms. The molecule has 1 aromatic carbocycles. The smallest absolute Gasteiger partial charge is 0.159 e. The Morgan fingerprint density at radius 3 is 2.63 bits per heavy atom. The summed E-state index contributed by atoms with van der Waals surface area (Å²) in [5, 5.41) is 0. The van der Waals surface area contributed by atoms with Crippen LogP contribution in [0.2, 0.25) is 0 Å². The zero-order valence-electron chi connectivity index (χ0n) is 11.5. The van der Waals surface area contributed by atoms with Crippen LogP contribution in [0.25, 0.3) is 5.57 Å². The Morgan fingerprint density at radius 2 is 2.05 bits per heavy atom. The molecule has 0 aromatic heterocycles. The third-order valence-electron chi connectivity index (χ3n) is 4.36. The molecule has 0 atom stereocenters. The van der Waals surface area contributed by atoms with Gasteiger partial charge in [0, 0.05) is 5.56 Å². The van der Waals surface area contributed by atoms with Gasteiger partial charge in [-0.1, -0.05) is 36.8 Å². The Morgan fingerprint density at radius 1 is 1.21 bits per heavy atom. The summed E-state index contributed by atoms with van der Waals surface area (Å²) in [4.78, 5) is 11.6. The highest BCUT2D eigenvalue weighted by molar-refractivity contribution is 5.95. The molecule has 1 heteroatoms. The van der Waals surface area contributed by atoms with Crippen LogP contribution in [0.4, 0.5) is 0 Å². The molecular weight excluding hydrogens is 232 g/mol. The molecule has 0 N–H and O–H groups in total. The maximum atomic E-state index is 11.6. The van der Waals surface area contributed by atoms with Crippen LogP contribution in [0.5, 0.6) is 0 Å². The first-order valence-corrected chi connectivity index (χ1v) is 7.25. The normalized spacial score (nSPS) is 18.9. The molecule has 2 aliphatic rings. The van der Waals surface area contributed by atoms with Crippen LogP contribution in [0.3, 0.4) is 0 Å². The van der Waals surface area contributed by atoms with E-state index in [0.717, 1.165) is 18.4 Å². The summed E-state index contributed by atoms with van der Waals surface area (Å²) in [5.74, 6) is 0.871. The quantitative estimate of drug-likeness (QED) is 0.553. The summed E-state index contributed by atoms with van der Waals surface area (Å²) in [6, 6.07) is 6.30. The number of hydrogen-bond donors (Lipinski definition) is 0. The fourth-order valence-corrected chi connectivity index (χ4v) is 2.95. The van der Waals surface area contributed by atoms with E-state index >= 15 is 0 Å².